The van der Waals surface area contributed by atoms with Gasteiger partial charge in [0.1, 0.15) is 5.82 Å². The minimum Gasteiger partial charge on any atom is -0.349 e. The minimum atomic E-state index is 0.0450. The van der Waals surface area contributed by atoms with E-state index < -0.39 is 0 Å². The summed E-state index contributed by atoms with van der Waals surface area (Å²) < 4.78 is 0. The summed E-state index contributed by atoms with van der Waals surface area (Å²) in [5.41, 5.74) is 3.60. The SMILES string of the molecule is C=C(C)N(C)/C(=C\C)c1ccc2cnc(NC(=O)CN3C4CCC5CCC543)cc2c1. The van der Waals surface area contributed by atoms with Crippen LogP contribution in [0.25, 0.3) is 16.5 Å². The number of nitrogens with one attached hydrogen (secondary N) is 1. The molecule has 1 aromatic carbocycles. The van der Waals surface area contributed by atoms with Gasteiger partial charge >= 0.3 is 0 Å². The number of piperidine rings is 1. The zero-order valence-corrected chi connectivity index (χ0v) is 18.1. The van der Waals surface area contributed by atoms with Gasteiger partial charge in [-0.15, -0.1) is 0 Å². The lowest BCUT2D eigenvalue weighted by Gasteiger charge is -2.35. The normalized spacial score (nSPS) is 29.0. The van der Waals surface area contributed by atoms with Crippen molar-refractivity contribution in [3.05, 3.63) is 54.4 Å². The van der Waals surface area contributed by atoms with Crippen LogP contribution < -0.4 is 5.32 Å². The third-order valence-corrected chi connectivity index (χ3v) is 7.62. The number of rotatable bonds is 6. The summed E-state index contributed by atoms with van der Waals surface area (Å²) >= 11 is 0. The summed E-state index contributed by atoms with van der Waals surface area (Å²) in [4.78, 5) is 21.6. The highest BCUT2D eigenvalue weighted by Crippen LogP contribution is 2.66. The summed E-state index contributed by atoms with van der Waals surface area (Å²) in [5.74, 6) is 1.50. The molecule has 2 heterocycles. The highest BCUT2D eigenvalue weighted by Gasteiger charge is 2.73. The second-order valence-corrected chi connectivity index (χ2v) is 9.10. The Hall–Kier alpha value is -2.66. The van der Waals surface area contributed by atoms with Gasteiger partial charge in [-0.25, -0.2) is 4.98 Å². The maximum Gasteiger partial charge on any atom is 0.239 e. The van der Waals surface area contributed by atoms with Crippen molar-refractivity contribution >= 4 is 28.2 Å². The van der Waals surface area contributed by atoms with E-state index in [1.165, 1.54) is 25.7 Å². The van der Waals surface area contributed by atoms with Crippen molar-refractivity contribution in [3.8, 4) is 0 Å². The number of pyridine rings is 1. The number of aromatic nitrogens is 1. The Morgan fingerprint density at radius 2 is 2.17 bits per heavy atom. The Labute approximate surface area is 178 Å². The van der Waals surface area contributed by atoms with Crippen LogP contribution in [-0.2, 0) is 4.79 Å². The van der Waals surface area contributed by atoms with Crippen LogP contribution in [0.1, 0.15) is 45.1 Å². The fraction of sp³-hybridized carbons (Fsp3) is 0.440. The monoisotopic (exact) mass is 402 g/mol. The topological polar surface area (TPSA) is 48.2 Å². The number of nitrogens with zero attached hydrogens (tertiary/aromatic N) is 3. The molecule has 2 saturated carbocycles. The van der Waals surface area contributed by atoms with E-state index in [1.807, 2.05) is 33.2 Å². The summed E-state index contributed by atoms with van der Waals surface area (Å²) in [5, 5.41) is 5.14. The van der Waals surface area contributed by atoms with E-state index in [4.69, 9.17) is 0 Å². The number of carbonyl (C=O) groups is 1. The molecule has 0 bridgehead atoms. The summed E-state index contributed by atoms with van der Waals surface area (Å²) in [7, 11) is 2.02. The van der Waals surface area contributed by atoms with Crippen LogP contribution in [-0.4, -0.2) is 45.9 Å². The molecule has 2 aromatic rings. The molecule has 156 valence electrons. The molecule has 1 saturated heterocycles. The van der Waals surface area contributed by atoms with Crippen molar-refractivity contribution in [1.29, 1.82) is 0 Å². The zero-order valence-electron chi connectivity index (χ0n) is 18.1. The molecule has 1 N–H and O–H groups in total. The Morgan fingerprint density at radius 1 is 1.33 bits per heavy atom. The Morgan fingerprint density at radius 3 is 2.83 bits per heavy atom. The molecule has 3 aliphatic rings. The van der Waals surface area contributed by atoms with Crippen LogP contribution in [0.4, 0.5) is 5.82 Å². The lowest BCUT2D eigenvalue weighted by molar-refractivity contribution is -0.117. The van der Waals surface area contributed by atoms with Crippen LogP contribution in [0.5, 0.6) is 0 Å². The van der Waals surface area contributed by atoms with Crippen molar-refractivity contribution < 1.29 is 4.79 Å². The molecule has 5 rings (SSSR count). The molecule has 1 spiro atoms. The van der Waals surface area contributed by atoms with Crippen LogP contribution >= 0.6 is 0 Å². The molecule has 1 aliphatic heterocycles. The highest BCUT2D eigenvalue weighted by molar-refractivity contribution is 5.94. The molecule has 1 aromatic heterocycles. The summed E-state index contributed by atoms with van der Waals surface area (Å²) in [6, 6.07) is 8.95. The van der Waals surface area contributed by atoms with E-state index in [0.29, 0.717) is 23.9 Å². The fourth-order valence-corrected chi connectivity index (χ4v) is 5.82. The Kier molecular flexibility index (Phi) is 4.47. The van der Waals surface area contributed by atoms with Gasteiger partial charge in [0, 0.05) is 41.6 Å². The maximum absolute atomic E-state index is 12.7. The minimum absolute atomic E-state index is 0.0450. The number of benzene rings is 1. The van der Waals surface area contributed by atoms with Crippen molar-refractivity contribution in [2.24, 2.45) is 5.92 Å². The van der Waals surface area contributed by atoms with Crippen LogP contribution in [0.2, 0.25) is 0 Å². The van der Waals surface area contributed by atoms with Gasteiger partial charge < -0.3 is 10.2 Å². The van der Waals surface area contributed by atoms with Crippen molar-refractivity contribution in [2.45, 2.75) is 51.1 Å². The molecule has 4 unspecified atom stereocenters. The smallest absolute Gasteiger partial charge is 0.239 e. The number of hydrogen-bond donors (Lipinski definition) is 1. The van der Waals surface area contributed by atoms with E-state index in [9.17, 15) is 4.79 Å². The van der Waals surface area contributed by atoms with E-state index in [-0.39, 0.29) is 5.91 Å². The first-order chi connectivity index (χ1) is 14.4. The van der Waals surface area contributed by atoms with Crippen LogP contribution in [0, 0.1) is 5.92 Å². The number of hydrogen-bond acceptors (Lipinski definition) is 4. The number of allylic oxidation sites excluding steroid dienone is 2. The second-order valence-electron chi connectivity index (χ2n) is 9.10. The quantitative estimate of drug-likeness (QED) is 0.716. The van der Waals surface area contributed by atoms with Crippen LogP contribution in [0.15, 0.2) is 48.8 Å². The molecule has 2 aliphatic carbocycles. The predicted octanol–water partition coefficient (Wildman–Crippen LogP) is 4.63. The van der Waals surface area contributed by atoms with Gasteiger partial charge in [-0.2, -0.15) is 0 Å². The standard InChI is InChI=1S/C25H30N4O/c1-5-21(28(4)16(2)3)17-6-7-18-14-26-23(13-19(18)12-17)27-24(30)15-29-22-9-8-20-10-11-25(20,22)29/h5-7,12-14,20,22H,2,8-11,15H2,1,3-4H3,(H,26,27,30)/b21-5-. The number of anilines is 1. The fourth-order valence-electron chi connectivity index (χ4n) is 5.82. The Balaban J connectivity index is 1.32. The molecule has 5 nitrogen and oxygen atoms in total. The molecule has 1 amide bonds. The average molecular weight is 403 g/mol. The first-order valence-corrected chi connectivity index (χ1v) is 11.0. The number of carbonyl (C=O) groups excluding carboxylic acids is 1. The van der Waals surface area contributed by atoms with Gasteiger partial charge in [-0.3, -0.25) is 9.69 Å². The summed E-state index contributed by atoms with van der Waals surface area (Å²) in [6.07, 6.45) is 9.16. The predicted molar refractivity (Wildman–Crippen MR) is 122 cm³/mol. The van der Waals surface area contributed by atoms with Gasteiger partial charge in [0.05, 0.1) is 6.54 Å². The van der Waals surface area contributed by atoms with Gasteiger partial charge in [0.15, 0.2) is 0 Å². The molecule has 0 radical (unpaired) electrons. The van der Waals surface area contributed by atoms with Gasteiger partial charge in [-0.1, -0.05) is 24.8 Å². The van der Waals surface area contributed by atoms with E-state index in [1.54, 1.807) is 0 Å². The average Bonchev–Trinajstić information content (AvgIpc) is 3.27. The van der Waals surface area contributed by atoms with Crippen molar-refractivity contribution in [1.82, 2.24) is 14.8 Å². The molecule has 5 heteroatoms. The lowest BCUT2D eigenvalue weighted by Crippen LogP contribution is -2.39. The first kappa shape index (κ1) is 19.3. The number of likely N-dealkylation sites (tertiary alicyclic amines) is 1. The van der Waals surface area contributed by atoms with Crippen LogP contribution in [0.3, 0.4) is 0 Å². The number of amides is 1. The van der Waals surface area contributed by atoms with Crippen molar-refractivity contribution in [3.63, 3.8) is 0 Å². The third kappa shape index (κ3) is 2.87. The van der Waals surface area contributed by atoms with E-state index in [2.05, 4.69) is 51.0 Å². The molecule has 3 fully saturated rings. The van der Waals surface area contributed by atoms with Gasteiger partial charge in [0.25, 0.3) is 0 Å². The number of fused-ring (bicyclic) bond motifs is 1. The zero-order chi connectivity index (χ0) is 21.0. The van der Waals surface area contributed by atoms with E-state index >= 15 is 0 Å². The third-order valence-electron chi connectivity index (χ3n) is 7.62. The Bertz CT molecular complexity index is 1070. The first-order valence-electron chi connectivity index (χ1n) is 11.0. The van der Waals surface area contributed by atoms with E-state index in [0.717, 1.165) is 33.6 Å². The molecule has 4 atom stereocenters. The summed E-state index contributed by atoms with van der Waals surface area (Å²) in [6.45, 7) is 8.57. The molecule has 30 heavy (non-hydrogen) atoms. The second kappa shape index (κ2) is 6.95. The molecular formula is C25H30N4O. The highest BCUT2D eigenvalue weighted by atomic mass is 16.2. The van der Waals surface area contributed by atoms with Gasteiger partial charge in [0.2, 0.25) is 5.91 Å². The van der Waals surface area contributed by atoms with Gasteiger partial charge in [-0.05, 0) is 68.5 Å². The largest absolute Gasteiger partial charge is 0.349 e. The van der Waals surface area contributed by atoms with Crippen molar-refractivity contribution in [2.75, 3.05) is 18.9 Å². The maximum atomic E-state index is 12.7. The molecular weight excluding hydrogens is 372 g/mol. The lowest BCUT2D eigenvalue weighted by atomic mass is 9.74.